The van der Waals surface area contributed by atoms with Gasteiger partial charge in [0.1, 0.15) is 45.4 Å². The number of Topliss-reactive ketones (excluding diaryl/α,β-unsaturated/α-hetero) is 1. The summed E-state index contributed by atoms with van der Waals surface area (Å²) in [7, 11) is 1.53. The molecule has 0 fully saturated rings. The molecular formula is C25H16N4O4S. The fourth-order valence-corrected chi connectivity index (χ4v) is 4.30. The molecule has 4 rings (SSSR count). The first-order valence-corrected chi connectivity index (χ1v) is 10.9. The number of methoxy groups -OCH3 is 1. The molecule has 34 heavy (non-hydrogen) atoms. The lowest BCUT2D eigenvalue weighted by atomic mass is 9.97. The maximum Gasteiger partial charge on any atom is 0.347 e. The number of pyridine rings is 1. The first-order valence-electron chi connectivity index (χ1n) is 9.93. The third kappa shape index (κ3) is 4.20. The SMILES string of the molecule is COc1ccc(-c2c(C#N)c(N)nc(SCC(=O)c3cc4ccccc4oc3=O)c2C#N)cc1. The average molecular weight is 468 g/mol. The van der Waals surface area contributed by atoms with Crippen LogP contribution in [0.25, 0.3) is 22.1 Å². The van der Waals surface area contributed by atoms with Gasteiger partial charge in [-0.1, -0.05) is 42.1 Å². The summed E-state index contributed by atoms with van der Waals surface area (Å²) in [4.78, 5) is 29.3. The highest BCUT2D eigenvalue weighted by Gasteiger charge is 2.22. The van der Waals surface area contributed by atoms with Gasteiger partial charge in [-0.05, 0) is 29.8 Å². The molecule has 0 spiro atoms. The molecule has 0 aliphatic carbocycles. The van der Waals surface area contributed by atoms with Crippen LogP contribution in [-0.2, 0) is 0 Å². The van der Waals surface area contributed by atoms with Gasteiger partial charge >= 0.3 is 5.63 Å². The van der Waals surface area contributed by atoms with Gasteiger partial charge in [-0.25, -0.2) is 9.78 Å². The van der Waals surface area contributed by atoms with Crippen molar-refractivity contribution >= 4 is 34.3 Å². The number of carbonyl (C=O) groups excluding carboxylic acids is 1. The summed E-state index contributed by atoms with van der Waals surface area (Å²) in [6.45, 7) is 0. The van der Waals surface area contributed by atoms with E-state index in [0.717, 1.165) is 11.8 Å². The highest BCUT2D eigenvalue weighted by atomic mass is 32.2. The standard InChI is InChI=1S/C25H16N4O4S/c1-32-16-8-6-14(7-9-16)22-18(11-26)23(28)29-24(19(22)12-27)34-13-20(30)17-10-15-4-2-3-5-21(15)33-25(17)31/h2-10H,13H2,1H3,(H2,28,29). The molecule has 166 valence electrons. The van der Waals surface area contributed by atoms with Crippen molar-refractivity contribution in [2.75, 3.05) is 18.6 Å². The molecule has 2 aromatic heterocycles. The number of fused-ring (bicyclic) bond motifs is 1. The van der Waals surface area contributed by atoms with E-state index in [9.17, 15) is 20.1 Å². The molecule has 9 heteroatoms. The Balaban J connectivity index is 1.71. The molecule has 4 aromatic rings. The summed E-state index contributed by atoms with van der Waals surface area (Å²) in [6, 6.07) is 19.3. The molecule has 0 aliphatic rings. The lowest BCUT2D eigenvalue weighted by Crippen LogP contribution is -2.16. The lowest BCUT2D eigenvalue weighted by molar-refractivity contribution is 0.101. The molecule has 0 aliphatic heterocycles. The third-order valence-electron chi connectivity index (χ3n) is 5.08. The van der Waals surface area contributed by atoms with Crippen LogP contribution in [0.5, 0.6) is 5.75 Å². The second kappa shape index (κ2) is 9.49. The van der Waals surface area contributed by atoms with E-state index in [-0.39, 0.29) is 33.3 Å². The van der Waals surface area contributed by atoms with E-state index in [2.05, 4.69) is 11.1 Å². The summed E-state index contributed by atoms with van der Waals surface area (Å²) in [6.07, 6.45) is 0. The van der Waals surface area contributed by atoms with E-state index in [4.69, 9.17) is 14.9 Å². The normalized spacial score (nSPS) is 10.4. The zero-order valence-corrected chi connectivity index (χ0v) is 18.7. The number of anilines is 1. The van der Waals surface area contributed by atoms with Gasteiger partial charge in [0.25, 0.3) is 0 Å². The predicted octanol–water partition coefficient (Wildman–Crippen LogP) is 4.16. The first-order chi connectivity index (χ1) is 16.5. The van der Waals surface area contributed by atoms with Crippen LogP contribution >= 0.6 is 11.8 Å². The summed E-state index contributed by atoms with van der Waals surface area (Å²) in [5.41, 5.74) is 6.64. The van der Waals surface area contributed by atoms with Gasteiger partial charge < -0.3 is 14.9 Å². The van der Waals surface area contributed by atoms with Crippen molar-refractivity contribution in [3.8, 4) is 29.0 Å². The molecule has 0 saturated carbocycles. The molecule has 2 heterocycles. The Bertz CT molecular complexity index is 1560. The quantitative estimate of drug-likeness (QED) is 0.250. The smallest absolute Gasteiger partial charge is 0.347 e. The molecule has 0 atom stereocenters. The van der Waals surface area contributed by atoms with Crippen LogP contribution in [0.2, 0.25) is 0 Å². The second-order valence-corrected chi connectivity index (χ2v) is 8.04. The van der Waals surface area contributed by atoms with Crippen LogP contribution in [0.15, 0.2) is 68.8 Å². The third-order valence-corrected chi connectivity index (χ3v) is 6.05. The Kier molecular flexibility index (Phi) is 6.30. The largest absolute Gasteiger partial charge is 0.497 e. The number of benzene rings is 2. The predicted molar refractivity (Wildman–Crippen MR) is 128 cm³/mol. The van der Waals surface area contributed by atoms with Crippen LogP contribution in [0.4, 0.5) is 5.82 Å². The van der Waals surface area contributed by atoms with Crippen molar-refractivity contribution in [3.63, 3.8) is 0 Å². The van der Waals surface area contributed by atoms with Crippen molar-refractivity contribution in [1.29, 1.82) is 10.5 Å². The van der Waals surface area contributed by atoms with Crippen LogP contribution in [0.1, 0.15) is 21.5 Å². The van der Waals surface area contributed by atoms with Gasteiger partial charge in [0.05, 0.1) is 18.4 Å². The summed E-state index contributed by atoms with van der Waals surface area (Å²) in [5.74, 6) is -0.119. The van der Waals surface area contributed by atoms with Gasteiger partial charge in [0, 0.05) is 10.9 Å². The number of nitriles is 2. The zero-order valence-electron chi connectivity index (χ0n) is 17.9. The number of para-hydroxylation sites is 1. The number of ketones is 1. The molecule has 8 nitrogen and oxygen atoms in total. The van der Waals surface area contributed by atoms with Gasteiger partial charge in [-0.15, -0.1) is 0 Å². The van der Waals surface area contributed by atoms with E-state index >= 15 is 0 Å². The molecular weight excluding hydrogens is 452 g/mol. The first kappa shape index (κ1) is 22.6. The van der Waals surface area contributed by atoms with Crippen molar-refractivity contribution in [2.45, 2.75) is 5.03 Å². The van der Waals surface area contributed by atoms with E-state index in [1.807, 2.05) is 6.07 Å². The van der Waals surface area contributed by atoms with Crippen LogP contribution in [-0.4, -0.2) is 23.6 Å². The fraction of sp³-hybridized carbons (Fsp3) is 0.0800. The van der Waals surface area contributed by atoms with E-state index in [1.54, 1.807) is 48.5 Å². The molecule has 0 unspecified atom stereocenters. The summed E-state index contributed by atoms with van der Waals surface area (Å²) >= 11 is 0.961. The number of nitrogens with zero attached hydrogens (tertiary/aromatic N) is 3. The minimum atomic E-state index is -0.740. The maximum absolute atomic E-state index is 12.8. The number of thioether (sulfide) groups is 1. The Morgan fingerprint density at radius 3 is 2.50 bits per heavy atom. The van der Waals surface area contributed by atoms with Gasteiger partial charge in [0.15, 0.2) is 5.78 Å². The fourth-order valence-electron chi connectivity index (χ4n) is 3.42. The van der Waals surface area contributed by atoms with Crippen LogP contribution in [0.3, 0.4) is 0 Å². The monoisotopic (exact) mass is 468 g/mol. The van der Waals surface area contributed by atoms with Crippen molar-refractivity contribution in [2.24, 2.45) is 0 Å². The van der Waals surface area contributed by atoms with E-state index in [1.165, 1.54) is 13.2 Å². The lowest BCUT2D eigenvalue weighted by Gasteiger charge is -2.13. The minimum absolute atomic E-state index is 0.0625. The molecule has 2 N–H and O–H groups in total. The Labute approximate surface area is 198 Å². The zero-order chi connectivity index (χ0) is 24.2. The minimum Gasteiger partial charge on any atom is -0.497 e. The van der Waals surface area contributed by atoms with Crippen LogP contribution < -0.4 is 16.1 Å². The number of aromatic nitrogens is 1. The number of nitrogens with two attached hydrogens (primary N) is 1. The number of hydrogen-bond donors (Lipinski definition) is 1. The van der Waals surface area contributed by atoms with Crippen molar-refractivity contribution < 1.29 is 13.9 Å². The van der Waals surface area contributed by atoms with Crippen molar-refractivity contribution in [1.82, 2.24) is 4.98 Å². The highest BCUT2D eigenvalue weighted by Crippen LogP contribution is 2.36. The summed E-state index contributed by atoms with van der Waals surface area (Å²) in [5, 5.41) is 20.3. The topological polar surface area (TPSA) is 143 Å². The molecule has 0 bridgehead atoms. The Hall–Kier alpha value is -4.60. The Morgan fingerprint density at radius 2 is 1.82 bits per heavy atom. The number of nitrogen functional groups attached to an aromatic ring is 1. The maximum atomic E-state index is 12.8. The number of rotatable bonds is 6. The van der Waals surface area contributed by atoms with Crippen LogP contribution in [0, 0.1) is 22.7 Å². The number of hydrogen-bond acceptors (Lipinski definition) is 9. The van der Waals surface area contributed by atoms with Gasteiger partial charge in [0.2, 0.25) is 0 Å². The molecule has 2 aromatic carbocycles. The molecule has 0 amide bonds. The number of carbonyl (C=O) groups is 1. The van der Waals surface area contributed by atoms with Gasteiger partial charge in [-0.2, -0.15) is 10.5 Å². The molecule has 0 radical (unpaired) electrons. The average Bonchev–Trinajstić information content (AvgIpc) is 2.86. The number of ether oxygens (including phenoxy) is 1. The van der Waals surface area contributed by atoms with Crippen molar-refractivity contribution in [3.05, 3.63) is 81.7 Å². The Morgan fingerprint density at radius 1 is 1.12 bits per heavy atom. The molecule has 0 saturated heterocycles. The van der Waals surface area contributed by atoms with Gasteiger partial charge in [-0.3, -0.25) is 4.79 Å². The highest BCUT2D eigenvalue weighted by molar-refractivity contribution is 8.00. The second-order valence-electron chi connectivity index (χ2n) is 7.08. The van der Waals surface area contributed by atoms with E-state index < -0.39 is 11.4 Å². The van der Waals surface area contributed by atoms with E-state index in [0.29, 0.717) is 27.8 Å². The summed E-state index contributed by atoms with van der Waals surface area (Å²) < 4.78 is 10.4.